The van der Waals surface area contributed by atoms with Crippen LogP contribution in [0.25, 0.3) is 0 Å². The first-order valence-electron chi connectivity index (χ1n) is 7.22. The molecule has 0 bridgehead atoms. The van der Waals surface area contributed by atoms with E-state index in [9.17, 15) is 9.90 Å². The molecule has 0 saturated heterocycles. The van der Waals surface area contributed by atoms with E-state index in [4.69, 9.17) is 4.42 Å². The molecule has 0 spiro atoms. The third-order valence-corrected chi connectivity index (χ3v) is 3.47. The largest absolute Gasteiger partial charge is 0.467 e. The number of nitrogens with one attached hydrogen (secondary N) is 1. The van der Waals surface area contributed by atoms with Gasteiger partial charge in [0.05, 0.1) is 6.26 Å². The Bertz CT molecular complexity index is 577. The van der Waals surface area contributed by atoms with Gasteiger partial charge in [-0.1, -0.05) is 25.1 Å². The summed E-state index contributed by atoms with van der Waals surface area (Å²) in [4.78, 5) is 12.3. The van der Waals surface area contributed by atoms with Crippen LogP contribution in [0.15, 0.2) is 47.1 Å². The predicted molar refractivity (Wildman–Crippen MR) is 81.0 cm³/mol. The van der Waals surface area contributed by atoms with Crippen molar-refractivity contribution in [3.05, 3.63) is 59.5 Å². The van der Waals surface area contributed by atoms with Crippen LogP contribution < -0.4 is 5.32 Å². The van der Waals surface area contributed by atoms with Crippen LogP contribution in [0.4, 0.5) is 0 Å². The molecule has 0 fully saturated rings. The second-order valence-electron chi connectivity index (χ2n) is 5.15. The second-order valence-corrected chi connectivity index (χ2v) is 5.15. The minimum atomic E-state index is -0.711. The average Bonchev–Trinajstić information content (AvgIpc) is 3.01. The first-order chi connectivity index (χ1) is 10.1. The normalized spacial score (nSPS) is 13.7. The van der Waals surface area contributed by atoms with Gasteiger partial charge in [-0.15, -0.1) is 0 Å². The zero-order valence-corrected chi connectivity index (χ0v) is 12.4. The topological polar surface area (TPSA) is 62.5 Å². The van der Waals surface area contributed by atoms with Gasteiger partial charge in [-0.05, 0) is 37.1 Å². The van der Waals surface area contributed by atoms with Crippen molar-refractivity contribution in [3.8, 4) is 0 Å². The van der Waals surface area contributed by atoms with Crippen LogP contribution in [0.1, 0.15) is 48.1 Å². The molecule has 1 aromatic carbocycles. The zero-order chi connectivity index (χ0) is 15.2. The Morgan fingerprint density at radius 3 is 2.71 bits per heavy atom. The lowest BCUT2D eigenvalue weighted by Crippen LogP contribution is -2.34. The van der Waals surface area contributed by atoms with Gasteiger partial charge in [0.1, 0.15) is 11.9 Å². The monoisotopic (exact) mass is 287 g/mol. The van der Waals surface area contributed by atoms with Gasteiger partial charge in [-0.3, -0.25) is 4.79 Å². The highest BCUT2D eigenvalue weighted by molar-refractivity contribution is 5.95. The van der Waals surface area contributed by atoms with Crippen molar-refractivity contribution in [1.82, 2.24) is 5.32 Å². The van der Waals surface area contributed by atoms with Crippen LogP contribution >= 0.6 is 0 Å². The molecule has 2 atom stereocenters. The molecular weight excluding hydrogens is 266 g/mol. The van der Waals surface area contributed by atoms with Crippen LogP contribution in [-0.2, 0) is 6.42 Å². The third kappa shape index (κ3) is 3.95. The molecule has 4 nitrogen and oxygen atoms in total. The van der Waals surface area contributed by atoms with Gasteiger partial charge in [-0.2, -0.15) is 0 Å². The van der Waals surface area contributed by atoms with Crippen molar-refractivity contribution in [1.29, 1.82) is 0 Å². The van der Waals surface area contributed by atoms with Crippen LogP contribution in [-0.4, -0.2) is 17.1 Å². The Hall–Kier alpha value is -2.07. The van der Waals surface area contributed by atoms with E-state index in [1.165, 1.54) is 6.26 Å². The Morgan fingerprint density at radius 2 is 2.05 bits per heavy atom. The van der Waals surface area contributed by atoms with E-state index in [1.807, 2.05) is 38.1 Å². The van der Waals surface area contributed by atoms with Gasteiger partial charge in [0.2, 0.25) is 0 Å². The zero-order valence-electron chi connectivity index (χ0n) is 12.4. The van der Waals surface area contributed by atoms with Crippen molar-refractivity contribution in [2.75, 3.05) is 0 Å². The molecule has 2 unspecified atom stereocenters. The van der Waals surface area contributed by atoms with Crippen LogP contribution in [0.5, 0.6) is 0 Å². The number of hydrogen-bond acceptors (Lipinski definition) is 3. The Labute approximate surface area is 124 Å². The number of hydrogen-bond donors (Lipinski definition) is 2. The molecule has 0 aliphatic heterocycles. The maximum atomic E-state index is 12.3. The molecule has 1 aromatic heterocycles. The Morgan fingerprint density at radius 1 is 1.29 bits per heavy atom. The highest BCUT2D eigenvalue weighted by atomic mass is 16.4. The Balaban J connectivity index is 1.96. The fourth-order valence-corrected chi connectivity index (χ4v) is 2.34. The highest BCUT2D eigenvalue weighted by Crippen LogP contribution is 2.19. The average molecular weight is 287 g/mol. The van der Waals surface area contributed by atoms with E-state index in [0.717, 1.165) is 12.0 Å². The molecule has 0 aliphatic carbocycles. The molecule has 1 heterocycles. The molecule has 1 amide bonds. The van der Waals surface area contributed by atoms with E-state index in [2.05, 4.69) is 5.32 Å². The molecule has 0 aliphatic rings. The first kappa shape index (κ1) is 15.3. The number of benzene rings is 1. The summed E-state index contributed by atoms with van der Waals surface area (Å²) in [7, 11) is 0. The molecule has 2 rings (SSSR count). The van der Waals surface area contributed by atoms with Crippen molar-refractivity contribution >= 4 is 5.91 Å². The summed E-state index contributed by atoms with van der Waals surface area (Å²) in [5, 5.41) is 12.9. The smallest absolute Gasteiger partial charge is 0.251 e. The second kappa shape index (κ2) is 7.09. The van der Waals surface area contributed by atoms with Gasteiger partial charge in [-0.25, -0.2) is 0 Å². The summed E-state index contributed by atoms with van der Waals surface area (Å²) in [5.74, 6) is 0.414. The van der Waals surface area contributed by atoms with E-state index >= 15 is 0 Å². The van der Waals surface area contributed by atoms with Crippen molar-refractivity contribution in [2.45, 2.75) is 38.8 Å². The molecule has 21 heavy (non-hydrogen) atoms. The maximum Gasteiger partial charge on any atom is 0.251 e. The van der Waals surface area contributed by atoms with Crippen LogP contribution in [0, 0.1) is 0 Å². The van der Waals surface area contributed by atoms with Gasteiger partial charge < -0.3 is 14.8 Å². The molecule has 0 saturated carbocycles. The van der Waals surface area contributed by atoms with Crippen molar-refractivity contribution < 1.29 is 14.3 Å². The summed E-state index contributed by atoms with van der Waals surface area (Å²) >= 11 is 0. The SMILES string of the molecule is CCc1ccccc1C(=O)NC(C)CC(O)c1ccco1. The predicted octanol–water partition coefficient (Wildman–Crippen LogP) is 3.08. The minimum absolute atomic E-state index is 0.105. The number of amides is 1. The number of furan rings is 1. The molecule has 4 heteroatoms. The van der Waals surface area contributed by atoms with Crippen molar-refractivity contribution in [3.63, 3.8) is 0 Å². The first-order valence-corrected chi connectivity index (χ1v) is 7.22. The lowest BCUT2D eigenvalue weighted by molar-refractivity contribution is 0.0902. The number of carbonyl (C=O) groups is 1. The third-order valence-electron chi connectivity index (χ3n) is 3.47. The van der Waals surface area contributed by atoms with Crippen LogP contribution in [0.2, 0.25) is 0 Å². The molecule has 2 N–H and O–H groups in total. The lowest BCUT2D eigenvalue weighted by Gasteiger charge is -2.17. The highest BCUT2D eigenvalue weighted by Gasteiger charge is 2.18. The Kier molecular flexibility index (Phi) is 5.17. The molecule has 0 radical (unpaired) electrons. The fraction of sp³-hybridized carbons (Fsp3) is 0.353. The van der Waals surface area contributed by atoms with Gasteiger partial charge in [0.25, 0.3) is 5.91 Å². The standard InChI is InChI=1S/C17H21NO3/c1-3-13-7-4-5-8-14(13)17(20)18-12(2)11-15(19)16-9-6-10-21-16/h4-10,12,15,19H,3,11H2,1-2H3,(H,18,20). The fourth-order valence-electron chi connectivity index (χ4n) is 2.34. The number of aliphatic hydroxyl groups is 1. The summed E-state index contributed by atoms with van der Waals surface area (Å²) in [6.45, 7) is 3.90. The van der Waals surface area contributed by atoms with Crippen LogP contribution in [0.3, 0.4) is 0 Å². The molecular formula is C17H21NO3. The summed E-state index contributed by atoms with van der Waals surface area (Å²) in [6, 6.07) is 10.9. The van der Waals surface area contributed by atoms with E-state index in [1.54, 1.807) is 12.1 Å². The quantitative estimate of drug-likeness (QED) is 0.858. The number of aryl methyl sites for hydroxylation is 1. The minimum Gasteiger partial charge on any atom is -0.467 e. The summed E-state index contributed by atoms with van der Waals surface area (Å²) in [6.07, 6.45) is 2.04. The van der Waals surface area contributed by atoms with Gasteiger partial charge in [0.15, 0.2) is 0 Å². The van der Waals surface area contributed by atoms with Gasteiger partial charge in [0, 0.05) is 18.0 Å². The van der Waals surface area contributed by atoms with Gasteiger partial charge >= 0.3 is 0 Å². The van der Waals surface area contributed by atoms with Crippen molar-refractivity contribution in [2.24, 2.45) is 0 Å². The molecule has 112 valence electrons. The van der Waals surface area contributed by atoms with E-state index in [-0.39, 0.29) is 11.9 Å². The van der Waals surface area contributed by atoms with E-state index in [0.29, 0.717) is 17.7 Å². The molecule has 2 aromatic rings. The lowest BCUT2D eigenvalue weighted by atomic mass is 10.0. The number of aliphatic hydroxyl groups excluding tert-OH is 1. The van der Waals surface area contributed by atoms with E-state index < -0.39 is 6.10 Å². The maximum absolute atomic E-state index is 12.3. The number of rotatable bonds is 6. The summed E-state index contributed by atoms with van der Waals surface area (Å²) < 4.78 is 5.16. The number of carbonyl (C=O) groups excluding carboxylic acids is 1. The summed E-state index contributed by atoms with van der Waals surface area (Å²) in [5.41, 5.74) is 1.72.